The highest BCUT2D eigenvalue weighted by Crippen LogP contribution is 2.20. The molecule has 0 aromatic heterocycles. The van der Waals surface area contributed by atoms with E-state index in [2.05, 4.69) is 18.7 Å². The van der Waals surface area contributed by atoms with Gasteiger partial charge in [-0.2, -0.15) is 0 Å². The number of carbonyl (C=O) groups excluding carboxylic acids is 2. The van der Waals surface area contributed by atoms with Crippen molar-refractivity contribution in [2.24, 2.45) is 0 Å². The first-order chi connectivity index (χ1) is 13.2. The average Bonchev–Trinajstić information content (AvgIpc) is 3.03. The highest BCUT2D eigenvalue weighted by molar-refractivity contribution is 7.91. The number of anilines is 1. The van der Waals surface area contributed by atoms with Gasteiger partial charge in [0.1, 0.15) is 0 Å². The molecule has 1 aromatic rings. The number of sulfone groups is 1. The van der Waals surface area contributed by atoms with Crippen LogP contribution < -0.4 is 4.90 Å². The van der Waals surface area contributed by atoms with Crippen LogP contribution in [0.25, 0.3) is 0 Å². The Hall–Kier alpha value is -2.09. The number of ether oxygens (including phenoxy) is 1. The van der Waals surface area contributed by atoms with Crippen LogP contribution >= 0.6 is 0 Å². The Morgan fingerprint density at radius 3 is 2.18 bits per heavy atom. The minimum absolute atomic E-state index is 0.0277. The van der Waals surface area contributed by atoms with Crippen LogP contribution in [-0.4, -0.2) is 68.5 Å². The lowest BCUT2D eigenvalue weighted by Gasteiger charge is -2.29. The number of nitrogens with zero attached hydrogens (tertiary/aromatic N) is 2. The fourth-order valence-corrected chi connectivity index (χ4v) is 5.26. The molecule has 8 heteroatoms. The van der Waals surface area contributed by atoms with Crippen LogP contribution in [0.1, 0.15) is 44.5 Å². The molecule has 2 atom stereocenters. The van der Waals surface area contributed by atoms with Gasteiger partial charge >= 0.3 is 5.97 Å². The van der Waals surface area contributed by atoms with Gasteiger partial charge in [0.2, 0.25) is 0 Å². The predicted octanol–water partition coefficient (Wildman–Crippen LogP) is 2.11. The molecule has 1 saturated heterocycles. The van der Waals surface area contributed by atoms with Crippen molar-refractivity contribution < 1.29 is 22.7 Å². The predicted molar refractivity (Wildman–Crippen MR) is 109 cm³/mol. The van der Waals surface area contributed by atoms with Crippen LogP contribution in [0.3, 0.4) is 0 Å². The largest absolute Gasteiger partial charge is 0.449 e. The first kappa shape index (κ1) is 22.2. The zero-order valence-electron chi connectivity index (χ0n) is 17.1. The van der Waals surface area contributed by atoms with Gasteiger partial charge in [-0.05, 0) is 58.4 Å². The monoisotopic (exact) mass is 410 g/mol. The quantitative estimate of drug-likeness (QED) is 0.611. The number of hydrogen-bond donors (Lipinski definition) is 0. The fraction of sp³-hybridized carbons (Fsp3) is 0.600. The maximum atomic E-state index is 12.7. The summed E-state index contributed by atoms with van der Waals surface area (Å²) in [5.41, 5.74) is 1.40. The van der Waals surface area contributed by atoms with E-state index in [0.717, 1.165) is 18.8 Å². The van der Waals surface area contributed by atoms with E-state index in [-0.39, 0.29) is 23.5 Å². The number of hydrogen-bond acceptors (Lipinski definition) is 6. The summed E-state index contributed by atoms with van der Waals surface area (Å²) >= 11 is 0. The molecular weight excluding hydrogens is 380 g/mol. The van der Waals surface area contributed by atoms with Gasteiger partial charge in [-0.3, -0.25) is 4.79 Å². The zero-order chi connectivity index (χ0) is 20.9. The van der Waals surface area contributed by atoms with Gasteiger partial charge in [0, 0.05) is 31.4 Å². The lowest BCUT2D eigenvalue weighted by Crippen LogP contribution is -2.46. The molecule has 0 unspecified atom stereocenters. The summed E-state index contributed by atoms with van der Waals surface area (Å²) in [6, 6.07) is 6.75. The van der Waals surface area contributed by atoms with Crippen molar-refractivity contribution in [3.63, 3.8) is 0 Å². The Labute approximate surface area is 167 Å². The van der Waals surface area contributed by atoms with Gasteiger partial charge in [-0.15, -0.1) is 0 Å². The standard InChI is InChI=1S/C20H30N2O5S/c1-5-21(6-2)17-10-8-16(9-11-17)20(24)27-15(4)19(23)22(7-3)18-12-13-28(25,26)14-18/h8-11,15,18H,5-7,12-14H2,1-4H3/t15-,18+/m1/s1. The van der Waals surface area contributed by atoms with E-state index < -0.39 is 21.9 Å². The van der Waals surface area contributed by atoms with Crippen molar-refractivity contribution in [2.45, 2.75) is 46.3 Å². The summed E-state index contributed by atoms with van der Waals surface area (Å²) in [4.78, 5) is 28.8. The summed E-state index contributed by atoms with van der Waals surface area (Å²) in [7, 11) is -3.10. The van der Waals surface area contributed by atoms with Crippen LogP contribution in [0.4, 0.5) is 5.69 Å². The average molecular weight is 411 g/mol. The summed E-state index contributed by atoms with van der Waals surface area (Å²) in [5.74, 6) is -0.867. The van der Waals surface area contributed by atoms with Crippen molar-refractivity contribution in [2.75, 3.05) is 36.0 Å². The molecule has 28 heavy (non-hydrogen) atoms. The van der Waals surface area contributed by atoms with Crippen LogP contribution in [0.2, 0.25) is 0 Å². The molecule has 0 spiro atoms. The second-order valence-corrected chi connectivity index (χ2v) is 9.18. The molecule has 0 N–H and O–H groups in total. The fourth-order valence-electron chi connectivity index (χ4n) is 3.52. The number of esters is 1. The summed E-state index contributed by atoms with van der Waals surface area (Å²) in [5, 5.41) is 0. The SMILES string of the molecule is CCN(CC)c1ccc(C(=O)O[C@H](C)C(=O)N(CC)[C@H]2CCS(=O)(=O)C2)cc1. The topological polar surface area (TPSA) is 84.0 Å². The van der Waals surface area contributed by atoms with Crippen LogP contribution in [0, 0.1) is 0 Å². The van der Waals surface area contributed by atoms with Crippen LogP contribution in [0.5, 0.6) is 0 Å². The minimum atomic E-state index is -3.10. The van der Waals surface area contributed by atoms with Gasteiger partial charge in [0.05, 0.1) is 17.1 Å². The van der Waals surface area contributed by atoms with E-state index in [9.17, 15) is 18.0 Å². The van der Waals surface area contributed by atoms with E-state index in [1.807, 2.05) is 12.1 Å². The van der Waals surface area contributed by atoms with Crippen LogP contribution in [0.15, 0.2) is 24.3 Å². The first-order valence-electron chi connectivity index (χ1n) is 9.79. The second kappa shape index (κ2) is 9.41. The third-order valence-corrected chi connectivity index (χ3v) is 6.89. The highest BCUT2D eigenvalue weighted by atomic mass is 32.2. The van der Waals surface area contributed by atoms with E-state index in [1.54, 1.807) is 19.1 Å². The maximum absolute atomic E-state index is 12.7. The number of rotatable bonds is 8. The molecule has 1 heterocycles. The number of benzene rings is 1. The molecule has 7 nitrogen and oxygen atoms in total. The van der Waals surface area contributed by atoms with E-state index in [1.165, 1.54) is 11.8 Å². The third kappa shape index (κ3) is 5.25. The van der Waals surface area contributed by atoms with Crippen molar-refractivity contribution in [3.05, 3.63) is 29.8 Å². The number of amides is 1. The normalized spacial score (nSPS) is 19.1. The molecule has 1 aliphatic heterocycles. The lowest BCUT2D eigenvalue weighted by atomic mass is 10.2. The Morgan fingerprint density at radius 2 is 1.71 bits per heavy atom. The van der Waals surface area contributed by atoms with E-state index in [0.29, 0.717) is 18.5 Å². The molecule has 0 radical (unpaired) electrons. The Kier molecular flexibility index (Phi) is 7.46. The van der Waals surface area contributed by atoms with Gasteiger partial charge in [0.15, 0.2) is 15.9 Å². The van der Waals surface area contributed by atoms with Crippen LogP contribution in [-0.2, 0) is 19.4 Å². The molecule has 2 rings (SSSR count). The molecule has 0 aliphatic carbocycles. The Morgan fingerprint density at radius 1 is 1.11 bits per heavy atom. The lowest BCUT2D eigenvalue weighted by molar-refractivity contribution is -0.141. The molecule has 0 saturated carbocycles. The van der Waals surface area contributed by atoms with Crippen molar-refractivity contribution in [1.82, 2.24) is 4.90 Å². The van der Waals surface area contributed by atoms with Crippen molar-refractivity contribution in [3.8, 4) is 0 Å². The zero-order valence-corrected chi connectivity index (χ0v) is 17.9. The molecule has 1 amide bonds. The summed E-state index contributed by atoms with van der Waals surface area (Å²) in [6.07, 6.45) is -0.548. The van der Waals surface area contributed by atoms with E-state index >= 15 is 0 Å². The number of carbonyl (C=O) groups is 2. The first-order valence-corrected chi connectivity index (χ1v) is 11.6. The van der Waals surface area contributed by atoms with Crippen molar-refractivity contribution in [1.29, 1.82) is 0 Å². The maximum Gasteiger partial charge on any atom is 0.338 e. The second-order valence-electron chi connectivity index (χ2n) is 6.95. The molecule has 1 aromatic carbocycles. The Bertz CT molecular complexity index is 787. The van der Waals surface area contributed by atoms with Gasteiger partial charge in [0.25, 0.3) is 5.91 Å². The molecular formula is C20H30N2O5S. The smallest absolute Gasteiger partial charge is 0.338 e. The Balaban J connectivity index is 2.01. The van der Waals surface area contributed by atoms with E-state index in [4.69, 9.17) is 4.74 Å². The van der Waals surface area contributed by atoms with Crippen molar-refractivity contribution >= 4 is 27.4 Å². The molecule has 0 bridgehead atoms. The summed E-state index contributed by atoms with van der Waals surface area (Å²) in [6.45, 7) is 9.56. The molecule has 1 aliphatic rings. The molecule has 156 valence electrons. The molecule has 1 fully saturated rings. The van der Waals surface area contributed by atoms with Gasteiger partial charge < -0.3 is 14.5 Å². The minimum Gasteiger partial charge on any atom is -0.449 e. The summed E-state index contributed by atoms with van der Waals surface area (Å²) < 4.78 is 28.8. The number of likely N-dealkylation sites (N-methyl/N-ethyl adjacent to an activating group) is 1. The third-order valence-electron chi connectivity index (χ3n) is 5.14. The van der Waals surface area contributed by atoms with Gasteiger partial charge in [-0.1, -0.05) is 0 Å². The van der Waals surface area contributed by atoms with Gasteiger partial charge in [-0.25, -0.2) is 13.2 Å². The highest BCUT2D eigenvalue weighted by Gasteiger charge is 2.36.